The van der Waals surface area contributed by atoms with E-state index in [0.29, 0.717) is 0 Å². The first-order chi connectivity index (χ1) is 8.91. The van der Waals surface area contributed by atoms with Crippen molar-refractivity contribution in [3.63, 3.8) is 0 Å². The molecule has 0 saturated carbocycles. The van der Waals surface area contributed by atoms with Crippen LogP contribution in [0.4, 0.5) is 5.69 Å². The fourth-order valence-corrected chi connectivity index (χ4v) is 2.08. The van der Waals surface area contributed by atoms with Crippen LogP contribution in [0.25, 0.3) is 5.76 Å². The molecule has 0 heterocycles. The molecule has 0 saturated heterocycles. The van der Waals surface area contributed by atoms with Crippen molar-refractivity contribution in [1.29, 1.82) is 0 Å². The highest BCUT2D eigenvalue weighted by atomic mass is 16.5. The van der Waals surface area contributed by atoms with E-state index in [1.165, 1.54) is 5.69 Å². The first-order valence-electron chi connectivity index (χ1n) is 7.03. The van der Waals surface area contributed by atoms with Crippen LogP contribution in [0, 0.1) is 5.41 Å². The monoisotopic (exact) mass is 261 g/mol. The Morgan fingerprint density at radius 3 is 2.00 bits per heavy atom. The number of anilines is 1. The minimum Gasteiger partial charge on any atom is -0.496 e. The van der Waals surface area contributed by atoms with E-state index < -0.39 is 0 Å². The third-order valence-corrected chi connectivity index (χ3v) is 3.06. The lowest BCUT2D eigenvalue weighted by Gasteiger charge is -2.21. The smallest absolute Gasteiger partial charge is 0.122 e. The summed E-state index contributed by atoms with van der Waals surface area (Å²) in [4.78, 5) is 2.34. The fourth-order valence-electron chi connectivity index (χ4n) is 2.08. The van der Waals surface area contributed by atoms with Gasteiger partial charge in [-0.3, -0.25) is 0 Å². The lowest BCUT2D eigenvalue weighted by atomic mass is 9.94. The average Bonchev–Trinajstić information content (AvgIpc) is 2.37. The Bertz CT molecular complexity index is 408. The Labute approximate surface area is 118 Å². The zero-order valence-corrected chi connectivity index (χ0v) is 13.2. The third-order valence-electron chi connectivity index (χ3n) is 3.06. The molecule has 1 aromatic rings. The Kier molecular flexibility index (Phi) is 5.46. The Morgan fingerprint density at radius 2 is 1.63 bits per heavy atom. The standard InChI is InChI=1S/C17H27NO/c1-7-18(8-2)15-11-9-14(10-12-15)16(19-6)13-17(3,4)5/h9-13H,7-8H2,1-6H3/b16-13-. The quantitative estimate of drug-likeness (QED) is 0.720. The second-order valence-corrected chi connectivity index (χ2v) is 5.80. The van der Waals surface area contributed by atoms with E-state index in [1.54, 1.807) is 7.11 Å². The summed E-state index contributed by atoms with van der Waals surface area (Å²) in [6, 6.07) is 8.60. The maximum Gasteiger partial charge on any atom is 0.122 e. The van der Waals surface area contributed by atoms with Gasteiger partial charge in [-0.25, -0.2) is 0 Å². The van der Waals surface area contributed by atoms with Gasteiger partial charge < -0.3 is 9.64 Å². The largest absolute Gasteiger partial charge is 0.496 e. The maximum atomic E-state index is 5.51. The molecule has 0 aromatic heterocycles. The number of benzene rings is 1. The molecule has 0 bridgehead atoms. The van der Waals surface area contributed by atoms with Crippen molar-refractivity contribution >= 4 is 11.4 Å². The van der Waals surface area contributed by atoms with Crippen LogP contribution in [-0.4, -0.2) is 20.2 Å². The zero-order valence-electron chi connectivity index (χ0n) is 13.2. The summed E-state index contributed by atoms with van der Waals surface area (Å²) < 4.78 is 5.51. The molecule has 0 aliphatic carbocycles. The molecule has 0 N–H and O–H groups in total. The molecule has 106 valence electrons. The molecule has 19 heavy (non-hydrogen) atoms. The number of methoxy groups -OCH3 is 1. The van der Waals surface area contributed by atoms with Gasteiger partial charge in [0.05, 0.1) is 7.11 Å². The molecule has 2 heteroatoms. The van der Waals surface area contributed by atoms with Crippen molar-refractivity contribution in [3.8, 4) is 0 Å². The minimum absolute atomic E-state index is 0.114. The molecule has 0 unspecified atom stereocenters. The minimum atomic E-state index is 0.114. The number of ether oxygens (including phenoxy) is 1. The first kappa shape index (κ1) is 15.6. The summed E-state index contributed by atoms with van der Waals surface area (Å²) in [7, 11) is 1.73. The molecular formula is C17H27NO. The number of allylic oxidation sites excluding steroid dienone is 1. The zero-order chi connectivity index (χ0) is 14.5. The van der Waals surface area contributed by atoms with E-state index in [4.69, 9.17) is 4.74 Å². The normalized spacial score (nSPS) is 12.4. The molecule has 0 radical (unpaired) electrons. The maximum absolute atomic E-state index is 5.51. The SMILES string of the molecule is CCN(CC)c1ccc(/C(=C/C(C)(C)C)OC)cc1. The van der Waals surface area contributed by atoms with E-state index in [0.717, 1.165) is 24.4 Å². The summed E-state index contributed by atoms with van der Waals surface area (Å²) in [5.41, 5.74) is 2.51. The van der Waals surface area contributed by atoms with Crippen LogP contribution in [-0.2, 0) is 4.74 Å². The number of nitrogens with zero attached hydrogens (tertiary/aromatic N) is 1. The lowest BCUT2D eigenvalue weighted by molar-refractivity contribution is 0.361. The second-order valence-electron chi connectivity index (χ2n) is 5.80. The Balaban J connectivity index is 3.00. The molecule has 1 aromatic carbocycles. The molecule has 0 fully saturated rings. The van der Waals surface area contributed by atoms with E-state index in [2.05, 4.69) is 69.9 Å². The lowest BCUT2D eigenvalue weighted by Crippen LogP contribution is -2.21. The third kappa shape index (κ3) is 4.62. The first-order valence-corrected chi connectivity index (χ1v) is 7.03. The predicted octanol–water partition coefficient (Wildman–Crippen LogP) is 4.57. The molecule has 1 rings (SSSR count). The van der Waals surface area contributed by atoms with Gasteiger partial charge in [-0.2, -0.15) is 0 Å². The van der Waals surface area contributed by atoms with Crippen molar-refractivity contribution in [2.75, 3.05) is 25.1 Å². The molecule has 0 aliphatic rings. The Morgan fingerprint density at radius 1 is 1.11 bits per heavy atom. The predicted molar refractivity (Wildman–Crippen MR) is 84.4 cm³/mol. The van der Waals surface area contributed by atoms with Crippen LogP contribution in [0.5, 0.6) is 0 Å². The van der Waals surface area contributed by atoms with Crippen molar-refractivity contribution in [2.45, 2.75) is 34.6 Å². The second kappa shape index (κ2) is 6.65. The van der Waals surface area contributed by atoms with Gasteiger partial charge in [0.2, 0.25) is 0 Å². The van der Waals surface area contributed by atoms with Gasteiger partial charge in [-0.05, 0) is 49.6 Å². The highest BCUT2D eigenvalue weighted by Crippen LogP contribution is 2.25. The van der Waals surface area contributed by atoms with Crippen LogP contribution in [0.1, 0.15) is 40.2 Å². The number of rotatable bonds is 5. The molecule has 0 aliphatic heterocycles. The van der Waals surface area contributed by atoms with Crippen molar-refractivity contribution in [3.05, 3.63) is 35.9 Å². The van der Waals surface area contributed by atoms with E-state index in [1.807, 2.05) is 0 Å². The Hall–Kier alpha value is -1.44. The fraction of sp³-hybridized carbons (Fsp3) is 0.529. The summed E-state index contributed by atoms with van der Waals surface area (Å²) in [5, 5.41) is 0. The summed E-state index contributed by atoms with van der Waals surface area (Å²) in [6.45, 7) is 13.0. The van der Waals surface area contributed by atoms with E-state index >= 15 is 0 Å². The summed E-state index contributed by atoms with van der Waals surface area (Å²) in [5.74, 6) is 0.943. The van der Waals surface area contributed by atoms with Crippen LogP contribution >= 0.6 is 0 Å². The summed E-state index contributed by atoms with van der Waals surface area (Å²) in [6.07, 6.45) is 2.17. The number of hydrogen-bond acceptors (Lipinski definition) is 2. The number of hydrogen-bond donors (Lipinski definition) is 0. The van der Waals surface area contributed by atoms with Crippen LogP contribution < -0.4 is 4.90 Å². The van der Waals surface area contributed by atoms with Crippen molar-refractivity contribution in [1.82, 2.24) is 0 Å². The van der Waals surface area contributed by atoms with Crippen molar-refractivity contribution < 1.29 is 4.74 Å². The van der Waals surface area contributed by atoms with Gasteiger partial charge in [-0.1, -0.05) is 20.8 Å². The topological polar surface area (TPSA) is 12.5 Å². The molecule has 2 nitrogen and oxygen atoms in total. The van der Waals surface area contributed by atoms with Crippen LogP contribution in [0.15, 0.2) is 30.3 Å². The molecular weight excluding hydrogens is 234 g/mol. The van der Waals surface area contributed by atoms with Crippen LogP contribution in [0.3, 0.4) is 0 Å². The summed E-state index contributed by atoms with van der Waals surface area (Å²) >= 11 is 0. The van der Waals surface area contributed by atoms with Gasteiger partial charge in [0.25, 0.3) is 0 Å². The van der Waals surface area contributed by atoms with Gasteiger partial charge >= 0.3 is 0 Å². The highest BCUT2D eigenvalue weighted by Gasteiger charge is 2.11. The van der Waals surface area contributed by atoms with E-state index in [9.17, 15) is 0 Å². The van der Waals surface area contributed by atoms with Gasteiger partial charge in [0.1, 0.15) is 5.76 Å². The highest BCUT2D eigenvalue weighted by molar-refractivity contribution is 5.63. The molecule has 0 atom stereocenters. The van der Waals surface area contributed by atoms with Crippen LogP contribution in [0.2, 0.25) is 0 Å². The van der Waals surface area contributed by atoms with Crippen molar-refractivity contribution in [2.24, 2.45) is 5.41 Å². The van der Waals surface area contributed by atoms with Gasteiger partial charge in [0.15, 0.2) is 0 Å². The average molecular weight is 261 g/mol. The van der Waals surface area contributed by atoms with Gasteiger partial charge in [-0.15, -0.1) is 0 Å². The van der Waals surface area contributed by atoms with E-state index in [-0.39, 0.29) is 5.41 Å². The van der Waals surface area contributed by atoms with Gasteiger partial charge in [0, 0.05) is 24.3 Å². The molecule has 0 amide bonds. The molecule has 0 spiro atoms.